The Labute approximate surface area is 122 Å². The second-order valence-corrected chi connectivity index (χ2v) is 5.70. The van der Waals surface area contributed by atoms with Crippen LogP contribution in [0.4, 0.5) is 5.69 Å². The average molecular weight is 287 g/mol. The first-order valence-corrected chi connectivity index (χ1v) is 7.33. The molecule has 0 saturated heterocycles. The lowest BCUT2D eigenvalue weighted by Gasteiger charge is -2.13. The Hall–Kier alpha value is -1.94. The summed E-state index contributed by atoms with van der Waals surface area (Å²) in [5.41, 5.74) is 8.36. The minimum absolute atomic E-state index is 0.502. The lowest BCUT2D eigenvalue weighted by Crippen LogP contribution is -2.14. The Morgan fingerprint density at radius 1 is 1.25 bits per heavy atom. The fraction of sp³-hybridized carbons (Fsp3) is 0.188. The van der Waals surface area contributed by atoms with Crippen LogP contribution in [0.5, 0.6) is 0 Å². The van der Waals surface area contributed by atoms with E-state index >= 15 is 0 Å². The summed E-state index contributed by atoms with van der Waals surface area (Å²) >= 11 is 1.55. The van der Waals surface area contributed by atoms with Gasteiger partial charge in [0.15, 0.2) is 0 Å². The number of rotatable bonds is 5. The number of aryl methyl sites for hydroxylation is 1. The highest BCUT2D eigenvalue weighted by Gasteiger charge is 2.20. The van der Waals surface area contributed by atoms with Crippen LogP contribution in [0.1, 0.15) is 17.0 Å². The summed E-state index contributed by atoms with van der Waals surface area (Å²) in [5.74, 6) is -0.792. The van der Waals surface area contributed by atoms with Crippen LogP contribution in [-0.2, 0) is 4.79 Å². The van der Waals surface area contributed by atoms with Crippen molar-refractivity contribution in [2.45, 2.75) is 17.7 Å². The molecular formula is C16H17NO2S. The molecule has 0 fully saturated rings. The first-order valence-electron chi connectivity index (χ1n) is 6.34. The van der Waals surface area contributed by atoms with Gasteiger partial charge in [0, 0.05) is 16.3 Å². The molecule has 0 amide bonds. The molecule has 0 aliphatic heterocycles. The minimum atomic E-state index is -0.795. The Bertz CT molecular complexity index is 599. The Morgan fingerprint density at radius 3 is 2.55 bits per heavy atom. The van der Waals surface area contributed by atoms with Gasteiger partial charge in [-0.25, -0.2) is 0 Å². The summed E-state index contributed by atoms with van der Waals surface area (Å²) in [6.07, 6.45) is 0. The SMILES string of the molecule is Cc1cc(N)ccc1SCC(C(=O)O)c1ccccc1. The molecule has 0 heterocycles. The molecular weight excluding hydrogens is 270 g/mol. The molecule has 3 nitrogen and oxygen atoms in total. The molecule has 2 rings (SSSR count). The molecule has 0 bridgehead atoms. The zero-order valence-corrected chi connectivity index (χ0v) is 12.1. The second kappa shape index (κ2) is 6.48. The maximum Gasteiger partial charge on any atom is 0.311 e. The summed E-state index contributed by atoms with van der Waals surface area (Å²) in [6, 6.07) is 15.0. The van der Waals surface area contributed by atoms with E-state index in [0.717, 1.165) is 21.7 Å². The van der Waals surface area contributed by atoms with Gasteiger partial charge in [0.2, 0.25) is 0 Å². The number of carboxylic acids is 1. The summed E-state index contributed by atoms with van der Waals surface area (Å²) in [6.45, 7) is 1.98. The molecule has 4 heteroatoms. The topological polar surface area (TPSA) is 63.3 Å². The van der Waals surface area contributed by atoms with E-state index in [1.165, 1.54) is 0 Å². The number of benzene rings is 2. The van der Waals surface area contributed by atoms with Gasteiger partial charge in [0.1, 0.15) is 0 Å². The number of aliphatic carboxylic acids is 1. The Kier molecular flexibility index (Phi) is 4.69. The lowest BCUT2D eigenvalue weighted by atomic mass is 10.0. The van der Waals surface area contributed by atoms with Gasteiger partial charge in [0.25, 0.3) is 0 Å². The molecule has 2 aromatic carbocycles. The lowest BCUT2D eigenvalue weighted by molar-refractivity contribution is -0.138. The summed E-state index contributed by atoms with van der Waals surface area (Å²) < 4.78 is 0. The molecule has 0 saturated carbocycles. The van der Waals surface area contributed by atoms with Crippen molar-refractivity contribution in [2.24, 2.45) is 0 Å². The third kappa shape index (κ3) is 3.54. The van der Waals surface area contributed by atoms with E-state index in [2.05, 4.69) is 0 Å². The minimum Gasteiger partial charge on any atom is -0.481 e. The highest BCUT2D eigenvalue weighted by atomic mass is 32.2. The van der Waals surface area contributed by atoms with Crippen LogP contribution in [0, 0.1) is 6.92 Å². The number of carboxylic acid groups (broad SMARTS) is 1. The Balaban J connectivity index is 2.12. The van der Waals surface area contributed by atoms with E-state index in [1.807, 2.05) is 55.5 Å². The second-order valence-electron chi connectivity index (χ2n) is 4.64. The standard InChI is InChI=1S/C16H17NO2S/c1-11-9-13(17)7-8-15(11)20-10-14(16(18)19)12-5-3-2-4-6-12/h2-9,14H,10,17H2,1H3,(H,18,19). The normalized spacial score (nSPS) is 12.1. The fourth-order valence-electron chi connectivity index (χ4n) is 2.00. The van der Waals surface area contributed by atoms with Crippen LogP contribution in [0.3, 0.4) is 0 Å². The maximum absolute atomic E-state index is 11.4. The molecule has 104 valence electrons. The van der Waals surface area contributed by atoms with Gasteiger partial charge in [0.05, 0.1) is 5.92 Å². The fourth-order valence-corrected chi connectivity index (χ4v) is 3.14. The van der Waals surface area contributed by atoms with Crippen LogP contribution in [0.15, 0.2) is 53.4 Å². The first kappa shape index (κ1) is 14.5. The highest BCUT2D eigenvalue weighted by molar-refractivity contribution is 7.99. The number of hydrogen-bond donors (Lipinski definition) is 2. The van der Waals surface area contributed by atoms with Gasteiger partial charge in [-0.1, -0.05) is 30.3 Å². The smallest absolute Gasteiger partial charge is 0.311 e. The maximum atomic E-state index is 11.4. The zero-order valence-electron chi connectivity index (χ0n) is 11.2. The summed E-state index contributed by atoms with van der Waals surface area (Å²) in [5, 5.41) is 9.38. The van der Waals surface area contributed by atoms with Gasteiger partial charge < -0.3 is 10.8 Å². The van der Waals surface area contributed by atoms with Crippen LogP contribution in [-0.4, -0.2) is 16.8 Å². The van der Waals surface area contributed by atoms with E-state index in [4.69, 9.17) is 5.73 Å². The molecule has 3 N–H and O–H groups in total. The summed E-state index contributed by atoms with van der Waals surface area (Å²) in [7, 11) is 0. The van der Waals surface area contributed by atoms with Crippen molar-refractivity contribution in [1.82, 2.24) is 0 Å². The zero-order chi connectivity index (χ0) is 14.5. The van der Waals surface area contributed by atoms with Crippen molar-refractivity contribution in [3.8, 4) is 0 Å². The van der Waals surface area contributed by atoms with Gasteiger partial charge in [-0.2, -0.15) is 0 Å². The number of hydrogen-bond acceptors (Lipinski definition) is 3. The number of anilines is 1. The van der Waals surface area contributed by atoms with Crippen LogP contribution in [0.2, 0.25) is 0 Å². The molecule has 2 aromatic rings. The first-order chi connectivity index (χ1) is 9.58. The Morgan fingerprint density at radius 2 is 1.95 bits per heavy atom. The average Bonchev–Trinajstić information content (AvgIpc) is 2.42. The summed E-state index contributed by atoms with van der Waals surface area (Å²) in [4.78, 5) is 12.5. The van der Waals surface area contributed by atoms with Crippen molar-refractivity contribution >= 4 is 23.4 Å². The van der Waals surface area contributed by atoms with Crippen molar-refractivity contribution in [3.63, 3.8) is 0 Å². The molecule has 0 aliphatic rings. The number of carbonyl (C=O) groups is 1. The molecule has 1 unspecified atom stereocenters. The molecule has 0 aromatic heterocycles. The van der Waals surface area contributed by atoms with Crippen molar-refractivity contribution in [2.75, 3.05) is 11.5 Å². The quantitative estimate of drug-likeness (QED) is 0.652. The van der Waals surface area contributed by atoms with E-state index < -0.39 is 11.9 Å². The van der Waals surface area contributed by atoms with E-state index in [0.29, 0.717) is 5.75 Å². The molecule has 0 radical (unpaired) electrons. The van der Waals surface area contributed by atoms with Gasteiger partial charge in [-0.05, 0) is 36.2 Å². The van der Waals surface area contributed by atoms with Crippen LogP contribution in [0.25, 0.3) is 0 Å². The molecule has 1 atom stereocenters. The van der Waals surface area contributed by atoms with E-state index in [-0.39, 0.29) is 0 Å². The van der Waals surface area contributed by atoms with Gasteiger partial charge in [-0.3, -0.25) is 4.79 Å². The highest BCUT2D eigenvalue weighted by Crippen LogP contribution is 2.29. The number of thioether (sulfide) groups is 1. The third-order valence-corrected chi connectivity index (χ3v) is 4.37. The molecule has 0 spiro atoms. The number of nitrogens with two attached hydrogens (primary N) is 1. The predicted octanol–water partition coefficient (Wildman–Crippen LogP) is 3.54. The van der Waals surface area contributed by atoms with E-state index in [1.54, 1.807) is 11.8 Å². The third-order valence-electron chi connectivity index (χ3n) is 3.10. The monoisotopic (exact) mass is 287 g/mol. The van der Waals surface area contributed by atoms with Crippen molar-refractivity contribution in [1.29, 1.82) is 0 Å². The van der Waals surface area contributed by atoms with Crippen molar-refractivity contribution in [3.05, 3.63) is 59.7 Å². The van der Waals surface area contributed by atoms with Crippen LogP contribution < -0.4 is 5.73 Å². The van der Waals surface area contributed by atoms with Crippen molar-refractivity contribution < 1.29 is 9.90 Å². The van der Waals surface area contributed by atoms with E-state index in [9.17, 15) is 9.90 Å². The number of nitrogen functional groups attached to an aromatic ring is 1. The molecule has 20 heavy (non-hydrogen) atoms. The largest absolute Gasteiger partial charge is 0.481 e. The molecule has 0 aliphatic carbocycles. The van der Waals surface area contributed by atoms with Gasteiger partial charge >= 0.3 is 5.97 Å². The van der Waals surface area contributed by atoms with Gasteiger partial charge in [-0.15, -0.1) is 11.8 Å². The van der Waals surface area contributed by atoms with Crippen LogP contribution >= 0.6 is 11.8 Å². The predicted molar refractivity (Wildman–Crippen MR) is 83.1 cm³/mol.